The number of fused-ring (bicyclic) bond motifs is 1. The number of carbonyl (C=O) groups is 1. The van der Waals surface area contributed by atoms with E-state index in [9.17, 15) is 9.90 Å². The number of phenols is 1. The van der Waals surface area contributed by atoms with E-state index >= 15 is 0 Å². The predicted molar refractivity (Wildman–Crippen MR) is 76.1 cm³/mol. The van der Waals surface area contributed by atoms with E-state index < -0.39 is 0 Å². The van der Waals surface area contributed by atoms with Crippen molar-refractivity contribution in [3.63, 3.8) is 0 Å². The molecule has 0 amide bonds. The molecule has 4 nitrogen and oxygen atoms in total. The van der Waals surface area contributed by atoms with E-state index in [2.05, 4.69) is 9.97 Å². The minimum Gasteiger partial charge on any atom is -0.508 e. The maximum absolute atomic E-state index is 12.5. The molecule has 0 atom stereocenters. The quantitative estimate of drug-likeness (QED) is 0.580. The van der Waals surface area contributed by atoms with Crippen LogP contribution in [-0.4, -0.2) is 20.9 Å². The summed E-state index contributed by atoms with van der Waals surface area (Å²) in [5.74, 6) is -0.0815. The zero-order valence-corrected chi connectivity index (χ0v) is 11.0. The van der Waals surface area contributed by atoms with Crippen molar-refractivity contribution >= 4 is 28.3 Å². The first-order chi connectivity index (χ1) is 9.65. The van der Waals surface area contributed by atoms with Crippen LogP contribution < -0.4 is 0 Å². The standard InChI is InChI=1S/C15H9ClN2O2/c16-14-8-12(15(20)9-3-5-17-6-4-9)11-2-1-10(19)7-13(11)18-14/h1-8,19H. The van der Waals surface area contributed by atoms with Crippen molar-refractivity contribution in [1.29, 1.82) is 0 Å². The Bertz CT molecular complexity index is 798. The molecule has 0 saturated heterocycles. The van der Waals surface area contributed by atoms with Crippen LogP contribution >= 0.6 is 11.6 Å². The van der Waals surface area contributed by atoms with Gasteiger partial charge in [-0.2, -0.15) is 0 Å². The first-order valence-corrected chi connectivity index (χ1v) is 6.27. The summed E-state index contributed by atoms with van der Waals surface area (Å²) in [6, 6.07) is 9.46. The van der Waals surface area contributed by atoms with Gasteiger partial charge in [0, 0.05) is 35.0 Å². The van der Waals surface area contributed by atoms with E-state index in [-0.39, 0.29) is 16.7 Å². The third kappa shape index (κ3) is 2.21. The molecule has 1 N–H and O–H groups in total. The van der Waals surface area contributed by atoms with Crippen molar-refractivity contribution in [2.45, 2.75) is 0 Å². The minimum atomic E-state index is -0.160. The molecular formula is C15H9ClN2O2. The normalized spacial score (nSPS) is 10.7. The highest BCUT2D eigenvalue weighted by Crippen LogP contribution is 2.26. The number of nitrogens with zero attached hydrogens (tertiary/aromatic N) is 2. The summed E-state index contributed by atoms with van der Waals surface area (Å²) in [6.45, 7) is 0. The van der Waals surface area contributed by atoms with E-state index in [1.165, 1.54) is 18.2 Å². The fourth-order valence-corrected chi connectivity index (χ4v) is 2.23. The highest BCUT2D eigenvalue weighted by Gasteiger charge is 2.14. The summed E-state index contributed by atoms with van der Waals surface area (Å²) in [5, 5.41) is 10.3. The smallest absolute Gasteiger partial charge is 0.193 e. The van der Waals surface area contributed by atoms with Crippen LogP contribution in [0.2, 0.25) is 5.15 Å². The largest absolute Gasteiger partial charge is 0.508 e. The Hall–Kier alpha value is -2.46. The molecule has 0 unspecified atom stereocenters. The first-order valence-electron chi connectivity index (χ1n) is 5.89. The van der Waals surface area contributed by atoms with Crippen LogP contribution in [0, 0.1) is 0 Å². The lowest BCUT2D eigenvalue weighted by Crippen LogP contribution is -2.03. The summed E-state index contributed by atoms with van der Waals surface area (Å²) in [7, 11) is 0. The van der Waals surface area contributed by atoms with Gasteiger partial charge in [0.1, 0.15) is 10.9 Å². The maximum atomic E-state index is 12.5. The molecule has 2 aromatic heterocycles. The lowest BCUT2D eigenvalue weighted by molar-refractivity contribution is 0.104. The number of aromatic nitrogens is 2. The molecule has 3 rings (SSSR count). The van der Waals surface area contributed by atoms with Gasteiger partial charge in [-0.15, -0.1) is 0 Å². The third-order valence-corrected chi connectivity index (χ3v) is 3.14. The lowest BCUT2D eigenvalue weighted by Gasteiger charge is -2.07. The van der Waals surface area contributed by atoms with Crippen LogP contribution in [0.1, 0.15) is 15.9 Å². The number of ketones is 1. The molecule has 98 valence electrons. The van der Waals surface area contributed by atoms with Crippen LogP contribution in [-0.2, 0) is 0 Å². The third-order valence-electron chi connectivity index (χ3n) is 2.95. The van der Waals surface area contributed by atoms with Gasteiger partial charge in [0.2, 0.25) is 0 Å². The van der Waals surface area contributed by atoms with Gasteiger partial charge in [0.25, 0.3) is 0 Å². The molecule has 3 aromatic rings. The molecule has 0 aliphatic carbocycles. The number of benzene rings is 1. The van der Waals surface area contributed by atoms with Gasteiger partial charge in [0.05, 0.1) is 5.52 Å². The van der Waals surface area contributed by atoms with E-state index in [1.807, 2.05) is 0 Å². The van der Waals surface area contributed by atoms with Gasteiger partial charge in [-0.1, -0.05) is 11.6 Å². The molecule has 1 aromatic carbocycles. The fourth-order valence-electron chi connectivity index (χ4n) is 2.03. The molecule has 0 spiro atoms. The van der Waals surface area contributed by atoms with Gasteiger partial charge >= 0.3 is 0 Å². The Morgan fingerprint density at radius 2 is 1.85 bits per heavy atom. The molecule has 0 fully saturated rings. The molecule has 20 heavy (non-hydrogen) atoms. The van der Waals surface area contributed by atoms with Crippen molar-refractivity contribution in [1.82, 2.24) is 9.97 Å². The number of pyridine rings is 2. The molecule has 0 radical (unpaired) electrons. The Labute approximate surface area is 119 Å². The maximum Gasteiger partial charge on any atom is 0.193 e. The molecule has 5 heteroatoms. The Balaban J connectivity index is 2.23. The van der Waals surface area contributed by atoms with Crippen molar-refractivity contribution in [3.8, 4) is 5.75 Å². The summed E-state index contributed by atoms with van der Waals surface area (Å²) < 4.78 is 0. The summed E-state index contributed by atoms with van der Waals surface area (Å²) in [5.41, 5.74) is 1.46. The highest BCUT2D eigenvalue weighted by atomic mass is 35.5. The number of carbonyl (C=O) groups excluding carboxylic acids is 1. The van der Waals surface area contributed by atoms with E-state index in [1.54, 1.807) is 30.6 Å². The zero-order valence-electron chi connectivity index (χ0n) is 10.2. The molecular weight excluding hydrogens is 276 g/mol. The minimum absolute atomic E-state index is 0.0783. The van der Waals surface area contributed by atoms with Crippen molar-refractivity contribution in [2.75, 3.05) is 0 Å². The zero-order chi connectivity index (χ0) is 14.1. The van der Waals surface area contributed by atoms with E-state index in [4.69, 9.17) is 11.6 Å². The van der Waals surface area contributed by atoms with E-state index in [0.717, 1.165) is 0 Å². The molecule has 2 heterocycles. The van der Waals surface area contributed by atoms with Crippen molar-refractivity contribution in [2.24, 2.45) is 0 Å². The number of halogens is 1. The summed E-state index contributed by atoms with van der Waals surface area (Å²) in [4.78, 5) is 20.5. The van der Waals surface area contributed by atoms with E-state index in [0.29, 0.717) is 22.0 Å². The van der Waals surface area contributed by atoms with Crippen molar-refractivity contribution < 1.29 is 9.90 Å². The average molecular weight is 285 g/mol. The second-order valence-corrected chi connectivity index (χ2v) is 4.65. The Morgan fingerprint density at radius 1 is 1.10 bits per heavy atom. The number of rotatable bonds is 2. The summed E-state index contributed by atoms with van der Waals surface area (Å²) in [6.07, 6.45) is 3.12. The topological polar surface area (TPSA) is 63.1 Å². The van der Waals surface area contributed by atoms with Gasteiger partial charge in [-0.05, 0) is 30.3 Å². The molecule has 0 aliphatic rings. The molecule has 0 saturated carbocycles. The Morgan fingerprint density at radius 3 is 2.60 bits per heavy atom. The fraction of sp³-hybridized carbons (Fsp3) is 0. The first kappa shape index (κ1) is 12.6. The SMILES string of the molecule is O=C(c1ccncc1)c1cc(Cl)nc2cc(O)ccc12. The monoisotopic (exact) mass is 284 g/mol. The van der Waals surface area contributed by atoms with Crippen LogP contribution in [0.5, 0.6) is 5.75 Å². The van der Waals surface area contributed by atoms with Crippen LogP contribution in [0.3, 0.4) is 0 Å². The number of hydrogen-bond acceptors (Lipinski definition) is 4. The van der Waals surface area contributed by atoms with Crippen LogP contribution in [0.25, 0.3) is 10.9 Å². The number of aromatic hydroxyl groups is 1. The Kier molecular flexibility index (Phi) is 3.08. The van der Waals surface area contributed by atoms with Gasteiger partial charge in [-0.3, -0.25) is 9.78 Å². The average Bonchev–Trinajstić information content (AvgIpc) is 2.46. The van der Waals surface area contributed by atoms with Gasteiger partial charge in [0.15, 0.2) is 5.78 Å². The second kappa shape index (κ2) is 4.90. The lowest BCUT2D eigenvalue weighted by atomic mass is 10.0. The van der Waals surface area contributed by atoms with Crippen LogP contribution in [0.4, 0.5) is 0 Å². The van der Waals surface area contributed by atoms with Crippen LogP contribution in [0.15, 0.2) is 48.8 Å². The van der Waals surface area contributed by atoms with Gasteiger partial charge < -0.3 is 5.11 Å². The summed E-state index contributed by atoms with van der Waals surface area (Å²) >= 11 is 5.95. The predicted octanol–water partition coefficient (Wildman–Crippen LogP) is 3.22. The number of phenolic OH excluding ortho intramolecular Hbond substituents is 1. The molecule has 0 aliphatic heterocycles. The van der Waals surface area contributed by atoms with Gasteiger partial charge in [-0.25, -0.2) is 4.98 Å². The molecule has 0 bridgehead atoms. The highest BCUT2D eigenvalue weighted by molar-refractivity contribution is 6.31. The van der Waals surface area contributed by atoms with Crippen molar-refractivity contribution in [3.05, 3.63) is 65.1 Å². The number of hydrogen-bond donors (Lipinski definition) is 1. The second-order valence-electron chi connectivity index (χ2n) is 4.26.